The van der Waals surface area contributed by atoms with Crippen molar-refractivity contribution >= 4 is 11.6 Å². The van der Waals surface area contributed by atoms with E-state index in [-0.39, 0.29) is 12.4 Å². The summed E-state index contributed by atoms with van der Waals surface area (Å²) in [4.78, 5) is 12.0. The van der Waals surface area contributed by atoms with E-state index in [2.05, 4.69) is 20.3 Å². The van der Waals surface area contributed by atoms with Gasteiger partial charge in [-0.05, 0) is 60.7 Å². The normalized spacial score (nSPS) is 11.1. The predicted octanol–water partition coefficient (Wildman–Crippen LogP) is 5.32. The number of anilines is 1. The first kappa shape index (κ1) is 21.9. The maximum Gasteiger partial charge on any atom is 0.573 e. The monoisotopic (exact) mass is 455 g/mol. The van der Waals surface area contributed by atoms with E-state index in [0.29, 0.717) is 28.8 Å². The van der Waals surface area contributed by atoms with Gasteiger partial charge in [0.2, 0.25) is 11.8 Å². The maximum atomic E-state index is 12.2. The number of aromatic nitrogens is 2. The molecule has 1 aromatic heterocycles. The molecule has 7 nitrogen and oxygen atoms in total. The van der Waals surface area contributed by atoms with Crippen LogP contribution >= 0.6 is 0 Å². The Morgan fingerprint density at radius 3 is 2.00 bits per heavy atom. The summed E-state index contributed by atoms with van der Waals surface area (Å²) in [6.07, 6.45) is -4.78. The third kappa shape index (κ3) is 6.10. The second kappa shape index (κ2) is 9.43. The zero-order valence-corrected chi connectivity index (χ0v) is 16.9. The van der Waals surface area contributed by atoms with Crippen molar-refractivity contribution in [3.05, 3.63) is 78.9 Å². The number of alkyl halides is 3. The minimum absolute atomic E-state index is 0.293. The minimum Gasteiger partial charge on any atom is -0.484 e. The molecule has 1 heterocycles. The summed E-state index contributed by atoms with van der Waals surface area (Å²) in [6.45, 7) is -0.293. The average molecular weight is 455 g/mol. The second-order valence-electron chi connectivity index (χ2n) is 6.71. The van der Waals surface area contributed by atoms with Gasteiger partial charge in [-0.15, -0.1) is 23.4 Å². The van der Waals surface area contributed by atoms with Crippen molar-refractivity contribution in [2.45, 2.75) is 6.36 Å². The molecule has 0 spiro atoms. The molecule has 0 aliphatic rings. The summed E-state index contributed by atoms with van der Waals surface area (Å²) in [5, 5.41) is 10.6. The van der Waals surface area contributed by atoms with Crippen LogP contribution in [0.4, 0.5) is 18.9 Å². The van der Waals surface area contributed by atoms with E-state index in [1.807, 2.05) is 30.3 Å². The Kier molecular flexibility index (Phi) is 6.25. The van der Waals surface area contributed by atoms with Gasteiger partial charge in [-0.25, -0.2) is 0 Å². The van der Waals surface area contributed by atoms with Crippen LogP contribution in [0.1, 0.15) is 0 Å². The number of hydrogen-bond donors (Lipinski definition) is 1. The molecule has 0 saturated carbocycles. The number of halogens is 3. The average Bonchev–Trinajstić information content (AvgIpc) is 3.29. The molecule has 0 radical (unpaired) electrons. The fourth-order valence-electron chi connectivity index (χ4n) is 2.82. The Bertz CT molecular complexity index is 1210. The zero-order valence-electron chi connectivity index (χ0n) is 16.9. The van der Waals surface area contributed by atoms with Gasteiger partial charge in [0.25, 0.3) is 5.91 Å². The summed E-state index contributed by atoms with van der Waals surface area (Å²) in [6, 6.07) is 20.9. The molecule has 0 atom stereocenters. The molecule has 4 rings (SSSR count). The lowest BCUT2D eigenvalue weighted by atomic mass is 10.2. The lowest BCUT2D eigenvalue weighted by Gasteiger charge is -2.10. The van der Waals surface area contributed by atoms with Crippen molar-refractivity contribution in [3.8, 4) is 34.4 Å². The summed E-state index contributed by atoms with van der Waals surface area (Å²) in [5.41, 5.74) is 1.80. The molecule has 0 unspecified atom stereocenters. The topological polar surface area (TPSA) is 86.5 Å². The van der Waals surface area contributed by atoms with Crippen LogP contribution in [0.2, 0.25) is 0 Å². The highest BCUT2D eigenvalue weighted by Gasteiger charge is 2.30. The molecule has 0 bridgehead atoms. The fraction of sp³-hybridized carbons (Fsp3) is 0.0870. The largest absolute Gasteiger partial charge is 0.573 e. The van der Waals surface area contributed by atoms with Crippen LogP contribution in [-0.2, 0) is 4.79 Å². The van der Waals surface area contributed by atoms with Crippen molar-refractivity contribution in [1.82, 2.24) is 10.2 Å². The number of carbonyl (C=O) groups excluding carboxylic acids is 1. The van der Waals surface area contributed by atoms with Crippen LogP contribution in [-0.4, -0.2) is 29.1 Å². The first-order valence-electron chi connectivity index (χ1n) is 9.63. The highest BCUT2D eigenvalue weighted by Crippen LogP contribution is 2.26. The standard InChI is InChI=1S/C23H16F3N3O4/c24-23(25,26)33-19-12-8-17(9-13-19)27-20(30)14-31-18-10-6-16(7-11-18)22-29-28-21(32-22)15-4-2-1-3-5-15/h1-13H,14H2,(H,27,30). The van der Waals surface area contributed by atoms with E-state index in [9.17, 15) is 18.0 Å². The smallest absolute Gasteiger partial charge is 0.484 e. The highest BCUT2D eigenvalue weighted by atomic mass is 19.4. The SMILES string of the molecule is O=C(COc1ccc(-c2nnc(-c3ccccc3)o2)cc1)Nc1ccc(OC(F)(F)F)cc1. The number of rotatable bonds is 7. The van der Waals surface area contributed by atoms with E-state index in [1.165, 1.54) is 12.1 Å². The minimum atomic E-state index is -4.78. The highest BCUT2D eigenvalue weighted by molar-refractivity contribution is 5.91. The molecule has 1 amide bonds. The van der Waals surface area contributed by atoms with Gasteiger partial charge in [0.15, 0.2) is 6.61 Å². The molecule has 33 heavy (non-hydrogen) atoms. The molecule has 4 aromatic rings. The molecule has 10 heteroatoms. The van der Waals surface area contributed by atoms with Gasteiger partial charge in [-0.1, -0.05) is 18.2 Å². The third-order valence-corrected chi connectivity index (χ3v) is 4.29. The van der Waals surface area contributed by atoms with Gasteiger partial charge in [0.1, 0.15) is 11.5 Å². The fourth-order valence-corrected chi connectivity index (χ4v) is 2.82. The van der Waals surface area contributed by atoms with Crippen molar-refractivity contribution in [1.29, 1.82) is 0 Å². The molecule has 0 saturated heterocycles. The summed E-state index contributed by atoms with van der Waals surface area (Å²) in [5.74, 6) is 0.323. The van der Waals surface area contributed by atoms with Crippen molar-refractivity contribution < 1.29 is 31.9 Å². The lowest BCUT2D eigenvalue weighted by Crippen LogP contribution is -2.20. The summed E-state index contributed by atoms with van der Waals surface area (Å²) >= 11 is 0. The van der Waals surface area contributed by atoms with Gasteiger partial charge in [-0.3, -0.25) is 4.79 Å². The van der Waals surface area contributed by atoms with Crippen LogP contribution in [0.3, 0.4) is 0 Å². The van der Waals surface area contributed by atoms with Crippen molar-refractivity contribution in [2.75, 3.05) is 11.9 Å². The zero-order chi connectivity index (χ0) is 23.3. The van der Waals surface area contributed by atoms with Crippen LogP contribution in [0, 0.1) is 0 Å². The van der Waals surface area contributed by atoms with Crippen molar-refractivity contribution in [2.24, 2.45) is 0 Å². The number of nitrogens with one attached hydrogen (secondary N) is 1. The number of benzene rings is 3. The Morgan fingerprint density at radius 2 is 1.39 bits per heavy atom. The van der Waals surface area contributed by atoms with Gasteiger partial charge < -0.3 is 19.2 Å². The third-order valence-electron chi connectivity index (χ3n) is 4.29. The van der Waals surface area contributed by atoms with E-state index in [4.69, 9.17) is 9.15 Å². The molecule has 0 aliphatic carbocycles. The summed E-state index contributed by atoms with van der Waals surface area (Å²) in [7, 11) is 0. The quantitative estimate of drug-likeness (QED) is 0.406. The molecule has 1 N–H and O–H groups in total. The molecular weight excluding hydrogens is 439 g/mol. The molecule has 168 valence electrons. The second-order valence-corrected chi connectivity index (χ2v) is 6.71. The van der Waals surface area contributed by atoms with Gasteiger partial charge >= 0.3 is 6.36 Å². The van der Waals surface area contributed by atoms with Crippen LogP contribution in [0.25, 0.3) is 22.9 Å². The van der Waals surface area contributed by atoms with Gasteiger partial charge in [0.05, 0.1) is 0 Å². The van der Waals surface area contributed by atoms with Crippen LogP contribution in [0.15, 0.2) is 83.3 Å². The first-order chi connectivity index (χ1) is 15.9. The molecule has 3 aromatic carbocycles. The number of nitrogens with zero attached hydrogens (tertiary/aromatic N) is 2. The number of amides is 1. The maximum absolute atomic E-state index is 12.2. The van der Waals surface area contributed by atoms with Gasteiger partial charge in [0, 0.05) is 16.8 Å². The van der Waals surface area contributed by atoms with Crippen molar-refractivity contribution in [3.63, 3.8) is 0 Å². The van der Waals surface area contributed by atoms with E-state index in [1.54, 1.807) is 24.3 Å². The molecule has 0 fully saturated rings. The number of carbonyl (C=O) groups is 1. The first-order valence-corrected chi connectivity index (χ1v) is 9.63. The number of ether oxygens (including phenoxy) is 2. The van der Waals surface area contributed by atoms with Crippen LogP contribution in [0.5, 0.6) is 11.5 Å². The Hall–Kier alpha value is -4.34. The van der Waals surface area contributed by atoms with E-state index >= 15 is 0 Å². The van der Waals surface area contributed by atoms with E-state index in [0.717, 1.165) is 17.7 Å². The van der Waals surface area contributed by atoms with Crippen LogP contribution < -0.4 is 14.8 Å². The molecular formula is C23H16F3N3O4. The lowest BCUT2D eigenvalue weighted by molar-refractivity contribution is -0.274. The Balaban J connectivity index is 1.30. The Labute approximate surface area is 185 Å². The number of hydrogen-bond acceptors (Lipinski definition) is 6. The predicted molar refractivity (Wildman–Crippen MR) is 112 cm³/mol. The summed E-state index contributed by atoms with van der Waals surface area (Å²) < 4.78 is 51.5. The van der Waals surface area contributed by atoms with Gasteiger partial charge in [-0.2, -0.15) is 0 Å². The molecule has 0 aliphatic heterocycles. The van der Waals surface area contributed by atoms with E-state index < -0.39 is 12.3 Å². The Morgan fingerprint density at radius 1 is 0.818 bits per heavy atom.